The van der Waals surface area contributed by atoms with Crippen LogP contribution in [0.3, 0.4) is 0 Å². The van der Waals surface area contributed by atoms with E-state index in [4.69, 9.17) is 0 Å². The Morgan fingerprint density at radius 2 is 2.30 bits per heavy atom. The van der Waals surface area contributed by atoms with Crippen LogP contribution in [0, 0.1) is 17.8 Å². The van der Waals surface area contributed by atoms with Gasteiger partial charge in [-0.2, -0.15) is 0 Å². The van der Waals surface area contributed by atoms with E-state index in [1.807, 2.05) is 11.5 Å². The maximum Gasteiger partial charge on any atom is 0.233 e. The summed E-state index contributed by atoms with van der Waals surface area (Å²) in [6.07, 6.45) is 8.15. The van der Waals surface area contributed by atoms with Crippen LogP contribution >= 0.6 is 23.1 Å². The van der Waals surface area contributed by atoms with Crippen LogP contribution in [0.25, 0.3) is 0 Å². The van der Waals surface area contributed by atoms with Crippen molar-refractivity contribution in [2.45, 2.75) is 68.9 Å². The van der Waals surface area contributed by atoms with Crippen molar-refractivity contribution >= 4 is 29.0 Å². The molecular weight excluding hydrogens is 376 g/mol. The molecule has 5 unspecified atom stereocenters. The van der Waals surface area contributed by atoms with E-state index in [2.05, 4.69) is 40.0 Å². The van der Waals surface area contributed by atoms with Gasteiger partial charge in [0.25, 0.3) is 0 Å². The van der Waals surface area contributed by atoms with E-state index in [0.29, 0.717) is 5.92 Å². The topological polar surface area (TPSA) is 59.8 Å². The van der Waals surface area contributed by atoms with Crippen LogP contribution in [0.15, 0.2) is 29.0 Å². The molecule has 2 fully saturated rings. The lowest BCUT2D eigenvalue weighted by atomic mass is 9.84. The van der Waals surface area contributed by atoms with Gasteiger partial charge in [-0.25, -0.2) is 0 Å². The summed E-state index contributed by atoms with van der Waals surface area (Å²) in [4.78, 5) is 14.1. The molecule has 4 rings (SSSR count). The summed E-state index contributed by atoms with van der Waals surface area (Å²) in [6, 6.07) is 4.49. The Hall–Kier alpha value is -1.34. The van der Waals surface area contributed by atoms with Crippen molar-refractivity contribution in [3.05, 3.63) is 28.7 Å². The minimum Gasteiger partial charge on any atom is -0.352 e. The molecule has 1 N–H and O–H groups in total. The molecule has 0 spiro atoms. The van der Waals surface area contributed by atoms with Gasteiger partial charge in [0.2, 0.25) is 5.91 Å². The van der Waals surface area contributed by atoms with Crippen molar-refractivity contribution in [3.63, 3.8) is 0 Å². The second-order valence-electron chi connectivity index (χ2n) is 8.03. The van der Waals surface area contributed by atoms with Gasteiger partial charge in [0, 0.05) is 17.5 Å². The third-order valence-corrected chi connectivity index (χ3v) is 8.25. The van der Waals surface area contributed by atoms with Crippen LogP contribution < -0.4 is 5.32 Å². The second-order valence-corrected chi connectivity index (χ2v) is 10.4. The van der Waals surface area contributed by atoms with E-state index < -0.39 is 0 Å². The highest BCUT2D eigenvalue weighted by Gasteiger charge is 2.42. The summed E-state index contributed by atoms with van der Waals surface area (Å²) < 4.78 is 2.05. The first kappa shape index (κ1) is 19.0. The molecule has 2 heterocycles. The molecule has 0 aliphatic heterocycles. The van der Waals surface area contributed by atoms with Crippen LogP contribution in [0.1, 0.15) is 44.4 Å². The first-order chi connectivity index (χ1) is 13.1. The van der Waals surface area contributed by atoms with Gasteiger partial charge >= 0.3 is 0 Å². The number of fused-ring (bicyclic) bond motifs is 2. The van der Waals surface area contributed by atoms with Gasteiger partial charge in [0.15, 0.2) is 5.16 Å². The minimum absolute atomic E-state index is 0.114. The molecule has 2 saturated carbocycles. The minimum atomic E-state index is -0.171. The lowest BCUT2D eigenvalue weighted by molar-refractivity contribution is -0.121. The van der Waals surface area contributed by atoms with E-state index >= 15 is 0 Å². The van der Waals surface area contributed by atoms with E-state index in [1.165, 1.54) is 42.3 Å². The molecular formula is C20H28N4OS2. The standard InChI is InChI=1S/C20H28N4OS2/c1-13(18-11-15-5-6-16(18)10-15)22-19(25)14(2)27-20-23-21-12-24(20)8-7-17-4-3-9-26-17/h3-4,9,12-16,18H,5-8,10-11H2,1-2H3,(H,22,25). The van der Waals surface area contributed by atoms with Crippen molar-refractivity contribution in [1.82, 2.24) is 20.1 Å². The normalized spacial score (nSPS) is 26.2. The fourth-order valence-electron chi connectivity index (χ4n) is 4.74. The maximum atomic E-state index is 12.7. The van der Waals surface area contributed by atoms with Gasteiger partial charge < -0.3 is 9.88 Å². The van der Waals surface area contributed by atoms with Crippen molar-refractivity contribution < 1.29 is 4.79 Å². The van der Waals surface area contributed by atoms with Gasteiger partial charge in [-0.1, -0.05) is 24.2 Å². The third kappa shape index (κ3) is 4.40. The fraction of sp³-hybridized carbons (Fsp3) is 0.650. The summed E-state index contributed by atoms with van der Waals surface area (Å²) >= 11 is 3.27. The Morgan fingerprint density at radius 3 is 3.00 bits per heavy atom. The number of thioether (sulfide) groups is 1. The number of rotatable bonds is 8. The monoisotopic (exact) mass is 404 g/mol. The van der Waals surface area contributed by atoms with Crippen molar-refractivity contribution in [2.75, 3.05) is 0 Å². The summed E-state index contributed by atoms with van der Waals surface area (Å²) in [5, 5.41) is 14.3. The zero-order chi connectivity index (χ0) is 18.8. The number of nitrogens with one attached hydrogen (secondary N) is 1. The molecule has 2 aromatic heterocycles. The van der Waals surface area contributed by atoms with E-state index in [-0.39, 0.29) is 17.2 Å². The second kappa shape index (κ2) is 8.35. The fourth-order valence-corrected chi connectivity index (χ4v) is 6.30. The highest BCUT2D eigenvalue weighted by molar-refractivity contribution is 8.00. The molecule has 2 bridgehead atoms. The first-order valence-electron chi connectivity index (χ1n) is 9.97. The number of thiophene rings is 1. The SMILES string of the molecule is CC(Sc1nncn1CCc1cccs1)C(=O)NC(C)C1CC2CCC1C2. The van der Waals surface area contributed by atoms with Gasteiger partial charge in [-0.05, 0) is 68.7 Å². The maximum absolute atomic E-state index is 12.7. The molecule has 146 valence electrons. The third-order valence-electron chi connectivity index (χ3n) is 6.22. The lowest BCUT2D eigenvalue weighted by Crippen LogP contribution is -2.43. The van der Waals surface area contributed by atoms with Crippen molar-refractivity contribution in [2.24, 2.45) is 17.8 Å². The highest BCUT2D eigenvalue weighted by Crippen LogP contribution is 2.49. The number of aromatic nitrogens is 3. The van der Waals surface area contributed by atoms with Gasteiger partial charge in [0.1, 0.15) is 6.33 Å². The molecule has 0 radical (unpaired) electrons. The van der Waals surface area contributed by atoms with E-state index in [9.17, 15) is 4.79 Å². The number of aryl methyl sites for hydroxylation is 2. The molecule has 1 amide bonds. The Kier molecular flexibility index (Phi) is 5.88. The van der Waals surface area contributed by atoms with Crippen LogP contribution in [0.5, 0.6) is 0 Å². The average molecular weight is 405 g/mol. The molecule has 7 heteroatoms. The van der Waals surface area contributed by atoms with E-state index in [0.717, 1.165) is 30.0 Å². The predicted octanol–water partition coefficient (Wildman–Crippen LogP) is 4.00. The Labute approximate surface area is 169 Å². The van der Waals surface area contributed by atoms with Crippen LogP contribution in [0.4, 0.5) is 0 Å². The lowest BCUT2D eigenvalue weighted by Gasteiger charge is -2.29. The molecule has 0 aromatic carbocycles. The Bertz CT molecular complexity index is 760. The van der Waals surface area contributed by atoms with E-state index in [1.54, 1.807) is 17.7 Å². The molecule has 27 heavy (non-hydrogen) atoms. The number of amides is 1. The quantitative estimate of drug-likeness (QED) is 0.676. The van der Waals surface area contributed by atoms with Gasteiger partial charge in [-0.15, -0.1) is 21.5 Å². The smallest absolute Gasteiger partial charge is 0.233 e. The summed E-state index contributed by atoms with van der Waals surface area (Å²) in [6.45, 7) is 4.99. The first-order valence-corrected chi connectivity index (χ1v) is 11.7. The van der Waals surface area contributed by atoms with Crippen LogP contribution in [0.2, 0.25) is 0 Å². The Balaban J connectivity index is 1.29. The molecule has 2 aliphatic rings. The summed E-state index contributed by atoms with van der Waals surface area (Å²) in [5.41, 5.74) is 0. The largest absolute Gasteiger partial charge is 0.352 e. The highest BCUT2D eigenvalue weighted by atomic mass is 32.2. The number of hydrogen-bond acceptors (Lipinski definition) is 5. The summed E-state index contributed by atoms with van der Waals surface area (Å²) in [5.74, 6) is 2.52. The molecule has 0 saturated heterocycles. The van der Waals surface area contributed by atoms with Gasteiger partial charge in [-0.3, -0.25) is 4.79 Å². The summed E-state index contributed by atoms with van der Waals surface area (Å²) in [7, 11) is 0. The van der Waals surface area contributed by atoms with Crippen LogP contribution in [-0.2, 0) is 17.8 Å². The molecule has 5 nitrogen and oxygen atoms in total. The number of carbonyl (C=O) groups is 1. The zero-order valence-electron chi connectivity index (χ0n) is 16.0. The number of hydrogen-bond donors (Lipinski definition) is 1. The molecule has 2 aliphatic carbocycles. The molecule has 2 aromatic rings. The van der Waals surface area contributed by atoms with Gasteiger partial charge in [0.05, 0.1) is 5.25 Å². The van der Waals surface area contributed by atoms with Crippen LogP contribution in [-0.4, -0.2) is 32.0 Å². The predicted molar refractivity (Wildman–Crippen MR) is 110 cm³/mol. The zero-order valence-corrected chi connectivity index (χ0v) is 17.6. The average Bonchev–Trinajstić information content (AvgIpc) is 3.44. The number of nitrogens with zero attached hydrogens (tertiary/aromatic N) is 3. The van der Waals surface area contributed by atoms with Crippen molar-refractivity contribution in [1.29, 1.82) is 0 Å². The van der Waals surface area contributed by atoms with Crippen molar-refractivity contribution in [3.8, 4) is 0 Å². The molecule has 5 atom stereocenters. The number of carbonyl (C=O) groups excluding carboxylic acids is 1. The Morgan fingerprint density at radius 1 is 1.41 bits per heavy atom.